The Bertz CT molecular complexity index is 330. The SMILES string of the molecule is Cc1cc(Br)cc([C@H](N)CCO)c1F. The molecule has 2 nitrogen and oxygen atoms in total. The van der Waals surface area contributed by atoms with E-state index in [-0.39, 0.29) is 12.4 Å². The number of rotatable bonds is 3. The second-order valence-corrected chi connectivity index (χ2v) is 4.16. The van der Waals surface area contributed by atoms with Crippen LogP contribution in [0.25, 0.3) is 0 Å². The van der Waals surface area contributed by atoms with Crippen LogP contribution in [0.3, 0.4) is 0 Å². The molecule has 1 aromatic rings. The predicted octanol–water partition coefficient (Wildman–Crippen LogP) is 2.28. The third-order valence-electron chi connectivity index (χ3n) is 2.09. The summed E-state index contributed by atoms with van der Waals surface area (Å²) < 4.78 is 14.4. The smallest absolute Gasteiger partial charge is 0.130 e. The van der Waals surface area contributed by atoms with Crippen LogP contribution in [-0.4, -0.2) is 11.7 Å². The van der Waals surface area contributed by atoms with Crippen molar-refractivity contribution in [1.29, 1.82) is 0 Å². The highest BCUT2D eigenvalue weighted by Crippen LogP contribution is 2.24. The Morgan fingerprint density at radius 2 is 2.21 bits per heavy atom. The topological polar surface area (TPSA) is 46.2 Å². The highest BCUT2D eigenvalue weighted by Gasteiger charge is 2.13. The normalized spacial score (nSPS) is 12.9. The van der Waals surface area contributed by atoms with Crippen LogP contribution in [-0.2, 0) is 0 Å². The van der Waals surface area contributed by atoms with Crippen molar-refractivity contribution in [2.24, 2.45) is 5.73 Å². The minimum absolute atomic E-state index is 0.0355. The number of aryl methyl sites for hydroxylation is 1. The van der Waals surface area contributed by atoms with E-state index in [1.807, 2.05) is 0 Å². The summed E-state index contributed by atoms with van der Waals surface area (Å²) in [6.07, 6.45) is 0.368. The number of hydrogen-bond acceptors (Lipinski definition) is 2. The van der Waals surface area contributed by atoms with Gasteiger partial charge in [-0.2, -0.15) is 0 Å². The molecule has 0 amide bonds. The average molecular weight is 262 g/mol. The molecule has 0 aliphatic rings. The van der Waals surface area contributed by atoms with Crippen LogP contribution in [0.15, 0.2) is 16.6 Å². The molecule has 4 heteroatoms. The van der Waals surface area contributed by atoms with E-state index in [4.69, 9.17) is 10.8 Å². The number of benzene rings is 1. The fourth-order valence-electron chi connectivity index (χ4n) is 1.32. The lowest BCUT2D eigenvalue weighted by molar-refractivity contribution is 0.275. The number of halogens is 2. The zero-order valence-electron chi connectivity index (χ0n) is 7.93. The van der Waals surface area contributed by atoms with Crippen LogP contribution in [0, 0.1) is 12.7 Å². The van der Waals surface area contributed by atoms with E-state index in [9.17, 15) is 4.39 Å². The van der Waals surface area contributed by atoms with E-state index >= 15 is 0 Å². The first kappa shape index (κ1) is 11.6. The van der Waals surface area contributed by atoms with E-state index in [0.29, 0.717) is 17.5 Å². The van der Waals surface area contributed by atoms with Gasteiger partial charge in [-0.25, -0.2) is 4.39 Å². The Balaban J connectivity index is 3.07. The molecule has 1 aromatic carbocycles. The first-order valence-corrected chi connectivity index (χ1v) is 5.17. The summed E-state index contributed by atoms with van der Waals surface area (Å²) in [7, 11) is 0. The molecule has 3 N–H and O–H groups in total. The van der Waals surface area contributed by atoms with Crippen molar-refractivity contribution in [1.82, 2.24) is 0 Å². The number of aliphatic hydroxyl groups excluding tert-OH is 1. The van der Waals surface area contributed by atoms with E-state index in [1.54, 1.807) is 19.1 Å². The van der Waals surface area contributed by atoms with Gasteiger partial charge in [-0.1, -0.05) is 15.9 Å². The number of hydrogen-bond donors (Lipinski definition) is 2. The van der Waals surface area contributed by atoms with Gasteiger partial charge in [0.05, 0.1) is 0 Å². The summed E-state index contributed by atoms with van der Waals surface area (Å²) in [6, 6.07) is 2.91. The first-order chi connectivity index (χ1) is 6.56. The third kappa shape index (κ3) is 2.53. The first-order valence-electron chi connectivity index (χ1n) is 4.38. The lowest BCUT2D eigenvalue weighted by Gasteiger charge is -2.13. The molecular weight excluding hydrogens is 249 g/mol. The zero-order chi connectivity index (χ0) is 10.7. The quantitative estimate of drug-likeness (QED) is 0.877. The molecule has 0 saturated carbocycles. The van der Waals surface area contributed by atoms with Crippen molar-refractivity contribution in [3.05, 3.63) is 33.5 Å². The van der Waals surface area contributed by atoms with Crippen molar-refractivity contribution in [2.45, 2.75) is 19.4 Å². The van der Waals surface area contributed by atoms with Crippen molar-refractivity contribution in [2.75, 3.05) is 6.61 Å². The molecule has 0 fully saturated rings. The van der Waals surface area contributed by atoms with Gasteiger partial charge in [-0.3, -0.25) is 0 Å². The molecule has 1 rings (SSSR count). The van der Waals surface area contributed by atoms with E-state index in [0.717, 1.165) is 4.47 Å². The molecule has 0 aliphatic heterocycles. The zero-order valence-corrected chi connectivity index (χ0v) is 9.51. The van der Waals surface area contributed by atoms with Crippen LogP contribution in [0.1, 0.15) is 23.6 Å². The van der Waals surface area contributed by atoms with Crippen LogP contribution in [0.5, 0.6) is 0 Å². The minimum atomic E-state index is -0.448. The molecule has 0 bridgehead atoms. The standard InChI is InChI=1S/C10H13BrFNO/c1-6-4-7(11)5-8(10(6)12)9(13)2-3-14/h4-5,9,14H,2-3,13H2,1H3/t9-/m1/s1. The fourth-order valence-corrected chi connectivity index (χ4v) is 1.91. The molecule has 0 spiro atoms. The predicted molar refractivity (Wildman–Crippen MR) is 57.5 cm³/mol. The highest BCUT2D eigenvalue weighted by molar-refractivity contribution is 9.10. The lowest BCUT2D eigenvalue weighted by Crippen LogP contribution is -2.14. The van der Waals surface area contributed by atoms with E-state index < -0.39 is 6.04 Å². The maximum atomic E-state index is 13.6. The third-order valence-corrected chi connectivity index (χ3v) is 2.54. The summed E-state index contributed by atoms with van der Waals surface area (Å²) in [6.45, 7) is 1.65. The van der Waals surface area contributed by atoms with Crippen LogP contribution >= 0.6 is 15.9 Å². The monoisotopic (exact) mass is 261 g/mol. The summed E-state index contributed by atoms with van der Waals surface area (Å²) in [4.78, 5) is 0. The van der Waals surface area contributed by atoms with Crippen LogP contribution < -0.4 is 5.73 Å². The number of aliphatic hydroxyl groups is 1. The highest BCUT2D eigenvalue weighted by atomic mass is 79.9. The van der Waals surface area contributed by atoms with Crippen LogP contribution in [0.2, 0.25) is 0 Å². The molecule has 0 aromatic heterocycles. The summed E-state index contributed by atoms with van der Waals surface area (Å²) >= 11 is 3.28. The van der Waals surface area contributed by atoms with Crippen molar-refractivity contribution >= 4 is 15.9 Å². The Morgan fingerprint density at radius 1 is 1.57 bits per heavy atom. The Kier molecular flexibility index (Phi) is 4.04. The molecule has 0 unspecified atom stereocenters. The average Bonchev–Trinajstić information content (AvgIpc) is 2.11. The van der Waals surface area contributed by atoms with E-state index in [1.165, 1.54) is 0 Å². The van der Waals surface area contributed by atoms with Crippen molar-refractivity contribution in [3.8, 4) is 0 Å². The summed E-state index contributed by atoms with van der Waals surface area (Å²) in [5.41, 5.74) is 6.73. The Hall–Kier alpha value is -0.450. The number of nitrogens with two attached hydrogens (primary N) is 1. The second kappa shape index (κ2) is 4.87. The fraction of sp³-hybridized carbons (Fsp3) is 0.400. The van der Waals surface area contributed by atoms with Crippen molar-refractivity contribution in [3.63, 3.8) is 0 Å². The Morgan fingerprint density at radius 3 is 2.79 bits per heavy atom. The van der Waals surface area contributed by atoms with E-state index in [2.05, 4.69) is 15.9 Å². The van der Waals surface area contributed by atoms with Gasteiger partial charge < -0.3 is 10.8 Å². The van der Waals surface area contributed by atoms with Gasteiger partial charge in [0.15, 0.2) is 0 Å². The molecule has 1 atom stereocenters. The molecule has 0 radical (unpaired) electrons. The van der Waals surface area contributed by atoms with Gasteiger partial charge in [0.25, 0.3) is 0 Å². The molecule has 78 valence electrons. The lowest BCUT2D eigenvalue weighted by atomic mass is 10.0. The van der Waals surface area contributed by atoms with Gasteiger partial charge in [-0.05, 0) is 31.0 Å². The summed E-state index contributed by atoms with van der Waals surface area (Å²) in [5, 5.41) is 8.71. The summed E-state index contributed by atoms with van der Waals surface area (Å²) in [5.74, 6) is -0.283. The Labute approximate surface area is 91.1 Å². The van der Waals surface area contributed by atoms with Crippen LogP contribution in [0.4, 0.5) is 4.39 Å². The molecular formula is C10H13BrFNO. The van der Waals surface area contributed by atoms with Gasteiger partial charge in [-0.15, -0.1) is 0 Å². The molecule has 0 saturated heterocycles. The molecule has 14 heavy (non-hydrogen) atoms. The minimum Gasteiger partial charge on any atom is -0.396 e. The van der Waals surface area contributed by atoms with Crippen molar-refractivity contribution < 1.29 is 9.50 Å². The largest absolute Gasteiger partial charge is 0.396 e. The maximum Gasteiger partial charge on any atom is 0.130 e. The van der Waals surface area contributed by atoms with Gasteiger partial charge >= 0.3 is 0 Å². The second-order valence-electron chi connectivity index (χ2n) is 3.24. The van der Waals surface area contributed by atoms with Gasteiger partial charge in [0, 0.05) is 22.7 Å². The van der Waals surface area contributed by atoms with Gasteiger partial charge in [0.2, 0.25) is 0 Å². The maximum absolute atomic E-state index is 13.6. The van der Waals surface area contributed by atoms with Gasteiger partial charge in [0.1, 0.15) is 5.82 Å². The molecule has 0 heterocycles. The molecule has 0 aliphatic carbocycles.